The molecule has 19 heavy (non-hydrogen) atoms. The molecule has 0 saturated heterocycles. The molecule has 0 bridgehead atoms. The molecule has 3 N–H and O–H groups in total. The number of hydrazine groups is 1. The standard InChI is InChI=1S/C13H15N3O2S/c1-10(9-14)15-16-19(17,18)13-7-6-11-4-2-3-5-12(11)8-13/h2-10,14-16H,1H3. The SMILES string of the molecule is CC(C=N)NNS(=O)(=O)c1ccc2ccccc2c1. The van der Waals surface area contributed by atoms with Gasteiger partial charge in [0.15, 0.2) is 0 Å². The van der Waals surface area contributed by atoms with Crippen molar-refractivity contribution in [3.8, 4) is 0 Å². The summed E-state index contributed by atoms with van der Waals surface area (Å²) in [4.78, 5) is 2.45. The third-order valence-corrected chi connectivity index (χ3v) is 3.96. The Morgan fingerprint density at radius 2 is 1.84 bits per heavy atom. The lowest BCUT2D eigenvalue weighted by atomic mass is 10.1. The molecule has 0 aliphatic rings. The number of nitrogens with one attached hydrogen (secondary N) is 3. The summed E-state index contributed by atoms with van der Waals surface area (Å²) < 4.78 is 24.1. The molecule has 0 heterocycles. The summed E-state index contributed by atoms with van der Waals surface area (Å²) in [5.41, 5.74) is 2.54. The molecule has 0 aromatic heterocycles. The molecule has 100 valence electrons. The zero-order valence-corrected chi connectivity index (χ0v) is 11.2. The monoisotopic (exact) mass is 277 g/mol. The predicted molar refractivity (Wildman–Crippen MR) is 75.7 cm³/mol. The van der Waals surface area contributed by atoms with Crippen molar-refractivity contribution in [2.75, 3.05) is 0 Å². The Balaban J connectivity index is 2.30. The van der Waals surface area contributed by atoms with Crippen LogP contribution in [-0.4, -0.2) is 20.7 Å². The Hall–Kier alpha value is -1.76. The molecule has 1 atom stereocenters. The van der Waals surface area contributed by atoms with Crippen LogP contribution >= 0.6 is 0 Å². The molecule has 0 radical (unpaired) electrons. The van der Waals surface area contributed by atoms with Gasteiger partial charge in [-0.2, -0.15) is 0 Å². The normalized spacial score (nSPS) is 13.3. The molecule has 5 nitrogen and oxygen atoms in total. The van der Waals surface area contributed by atoms with Gasteiger partial charge < -0.3 is 5.41 Å². The first-order valence-electron chi connectivity index (χ1n) is 5.79. The molecule has 0 saturated carbocycles. The van der Waals surface area contributed by atoms with Crippen LogP contribution in [0.5, 0.6) is 0 Å². The highest BCUT2D eigenvalue weighted by molar-refractivity contribution is 7.89. The maximum absolute atomic E-state index is 12.0. The molecule has 1 unspecified atom stereocenters. The van der Waals surface area contributed by atoms with Gasteiger partial charge in [0.05, 0.1) is 10.9 Å². The van der Waals surface area contributed by atoms with Crippen LogP contribution in [0.4, 0.5) is 0 Å². The fourth-order valence-electron chi connectivity index (χ4n) is 1.61. The first-order valence-corrected chi connectivity index (χ1v) is 7.28. The largest absolute Gasteiger partial charge is 0.311 e. The first kappa shape index (κ1) is 13.7. The molecule has 0 amide bonds. The second kappa shape index (κ2) is 5.48. The van der Waals surface area contributed by atoms with E-state index in [-0.39, 0.29) is 10.9 Å². The van der Waals surface area contributed by atoms with E-state index in [1.165, 1.54) is 0 Å². The highest BCUT2D eigenvalue weighted by atomic mass is 32.2. The third-order valence-electron chi connectivity index (χ3n) is 2.70. The van der Waals surface area contributed by atoms with Crippen LogP contribution in [0, 0.1) is 5.41 Å². The zero-order chi connectivity index (χ0) is 13.9. The van der Waals surface area contributed by atoms with E-state index in [1.54, 1.807) is 25.1 Å². The van der Waals surface area contributed by atoms with Crippen molar-refractivity contribution in [1.29, 1.82) is 5.41 Å². The summed E-state index contributed by atoms with van der Waals surface area (Å²) in [6.45, 7) is 1.68. The Bertz CT molecular complexity index is 698. The van der Waals surface area contributed by atoms with Gasteiger partial charge in [-0.05, 0) is 29.8 Å². The van der Waals surface area contributed by atoms with E-state index in [0.717, 1.165) is 17.0 Å². The Morgan fingerprint density at radius 3 is 2.53 bits per heavy atom. The Kier molecular flexibility index (Phi) is 3.94. The summed E-state index contributed by atoms with van der Waals surface area (Å²) in [6, 6.07) is 12.1. The maximum Gasteiger partial charge on any atom is 0.253 e. The van der Waals surface area contributed by atoms with E-state index in [4.69, 9.17) is 5.41 Å². The lowest BCUT2D eigenvalue weighted by Gasteiger charge is -2.11. The number of benzene rings is 2. The van der Waals surface area contributed by atoms with Crippen molar-refractivity contribution in [2.45, 2.75) is 17.9 Å². The lowest BCUT2D eigenvalue weighted by molar-refractivity contribution is 0.549. The van der Waals surface area contributed by atoms with Crippen molar-refractivity contribution >= 4 is 27.0 Å². The molecule has 0 aliphatic heterocycles. The number of sulfonamides is 1. The van der Waals surface area contributed by atoms with Gasteiger partial charge in [0.25, 0.3) is 10.0 Å². The maximum atomic E-state index is 12.0. The minimum Gasteiger partial charge on any atom is -0.311 e. The van der Waals surface area contributed by atoms with Crippen LogP contribution in [0.25, 0.3) is 10.8 Å². The topological polar surface area (TPSA) is 82.1 Å². The second-order valence-electron chi connectivity index (χ2n) is 4.21. The van der Waals surface area contributed by atoms with Gasteiger partial charge >= 0.3 is 0 Å². The summed E-state index contributed by atoms with van der Waals surface area (Å²) in [5, 5.41) is 8.86. The molecule has 6 heteroatoms. The zero-order valence-electron chi connectivity index (χ0n) is 10.4. The summed E-state index contributed by atoms with van der Waals surface area (Å²) >= 11 is 0. The van der Waals surface area contributed by atoms with Gasteiger partial charge in [0.1, 0.15) is 0 Å². The van der Waals surface area contributed by atoms with Gasteiger partial charge in [-0.15, -0.1) is 4.83 Å². The van der Waals surface area contributed by atoms with Gasteiger partial charge in [-0.1, -0.05) is 30.3 Å². The van der Waals surface area contributed by atoms with Gasteiger partial charge in [0.2, 0.25) is 0 Å². The lowest BCUT2D eigenvalue weighted by Crippen LogP contribution is -2.43. The van der Waals surface area contributed by atoms with E-state index < -0.39 is 10.0 Å². The average molecular weight is 277 g/mol. The third kappa shape index (κ3) is 3.17. The number of fused-ring (bicyclic) bond motifs is 1. The summed E-state index contributed by atoms with van der Waals surface area (Å²) in [5.74, 6) is 0. The average Bonchev–Trinajstić information content (AvgIpc) is 2.44. The van der Waals surface area contributed by atoms with Crippen LogP contribution in [0.2, 0.25) is 0 Å². The Labute approximate surface area is 112 Å². The van der Waals surface area contributed by atoms with Gasteiger partial charge in [0, 0.05) is 6.21 Å². The van der Waals surface area contributed by atoms with Crippen LogP contribution in [0.1, 0.15) is 6.92 Å². The molecule has 0 fully saturated rings. The van der Waals surface area contributed by atoms with E-state index >= 15 is 0 Å². The summed E-state index contributed by atoms with van der Waals surface area (Å²) in [7, 11) is -3.62. The van der Waals surface area contributed by atoms with Crippen LogP contribution in [0.15, 0.2) is 47.4 Å². The smallest absolute Gasteiger partial charge is 0.253 e. The fraction of sp³-hybridized carbons (Fsp3) is 0.154. The second-order valence-corrected chi connectivity index (χ2v) is 5.90. The molecular weight excluding hydrogens is 262 g/mol. The number of hydrogen-bond acceptors (Lipinski definition) is 4. The van der Waals surface area contributed by atoms with Crippen molar-refractivity contribution in [3.05, 3.63) is 42.5 Å². The minimum absolute atomic E-state index is 0.191. The van der Waals surface area contributed by atoms with Crippen molar-refractivity contribution in [2.24, 2.45) is 0 Å². The molecule has 0 spiro atoms. The van der Waals surface area contributed by atoms with Crippen LogP contribution in [-0.2, 0) is 10.0 Å². The molecular formula is C13H15N3O2S. The summed E-state index contributed by atoms with van der Waals surface area (Å²) in [6.07, 6.45) is 1.11. The fourth-order valence-corrected chi connectivity index (χ4v) is 2.59. The number of rotatable bonds is 5. The van der Waals surface area contributed by atoms with E-state index in [0.29, 0.717) is 0 Å². The van der Waals surface area contributed by atoms with Crippen molar-refractivity contribution in [1.82, 2.24) is 10.3 Å². The van der Waals surface area contributed by atoms with Gasteiger partial charge in [-0.25, -0.2) is 13.8 Å². The Morgan fingerprint density at radius 1 is 1.16 bits per heavy atom. The van der Waals surface area contributed by atoms with E-state index in [2.05, 4.69) is 10.3 Å². The van der Waals surface area contributed by atoms with Crippen molar-refractivity contribution < 1.29 is 8.42 Å². The van der Waals surface area contributed by atoms with E-state index in [9.17, 15) is 8.42 Å². The van der Waals surface area contributed by atoms with Gasteiger partial charge in [-0.3, -0.25) is 0 Å². The molecule has 2 aromatic carbocycles. The van der Waals surface area contributed by atoms with Crippen LogP contribution < -0.4 is 10.3 Å². The van der Waals surface area contributed by atoms with Crippen LogP contribution in [0.3, 0.4) is 0 Å². The minimum atomic E-state index is -3.62. The first-order chi connectivity index (χ1) is 9.03. The van der Waals surface area contributed by atoms with Crippen molar-refractivity contribution in [3.63, 3.8) is 0 Å². The quantitative estimate of drug-likeness (QED) is 0.574. The number of hydrogen-bond donors (Lipinski definition) is 3. The van der Waals surface area contributed by atoms with E-state index in [1.807, 2.05) is 24.3 Å². The highest BCUT2D eigenvalue weighted by Crippen LogP contribution is 2.18. The molecule has 2 aromatic rings. The predicted octanol–water partition coefficient (Wildman–Crippen LogP) is 1.66. The molecule has 2 rings (SSSR count). The molecule has 0 aliphatic carbocycles. The highest BCUT2D eigenvalue weighted by Gasteiger charge is 2.14.